The van der Waals surface area contributed by atoms with Crippen LogP contribution in [0.4, 0.5) is 0 Å². The predicted octanol–water partition coefficient (Wildman–Crippen LogP) is 5.10. The summed E-state index contributed by atoms with van der Waals surface area (Å²) in [4.78, 5) is 0. The summed E-state index contributed by atoms with van der Waals surface area (Å²) in [6.07, 6.45) is 2.24. The molecule has 3 rings (SSSR count). The first-order valence-corrected chi connectivity index (χ1v) is 11.1. The van der Waals surface area contributed by atoms with Crippen molar-refractivity contribution in [3.05, 3.63) is 77.4 Å². The Balaban J connectivity index is 2.14. The fourth-order valence-electron chi connectivity index (χ4n) is 2.30. The number of benzene rings is 2. The van der Waals surface area contributed by atoms with Crippen LogP contribution < -0.4 is 0 Å². The van der Waals surface area contributed by atoms with Gasteiger partial charge in [0.05, 0.1) is 0 Å². The third-order valence-corrected chi connectivity index (χ3v) is 6.71. The van der Waals surface area contributed by atoms with Crippen LogP contribution in [-0.4, -0.2) is 0 Å². The average Bonchev–Trinajstić information content (AvgIpc) is 2.79. The van der Waals surface area contributed by atoms with Gasteiger partial charge in [0.2, 0.25) is 0 Å². The van der Waals surface area contributed by atoms with Gasteiger partial charge in [0.1, 0.15) is 0 Å². The number of hydrogen-bond donors (Lipinski definition) is 0. The summed E-state index contributed by atoms with van der Waals surface area (Å²) in [6, 6.07) is 18.8. The van der Waals surface area contributed by atoms with Gasteiger partial charge in [-0.1, -0.05) is 0 Å². The Hall–Kier alpha value is -0.617. The summed E-state index contributed by atoms with van der Waals surface area (Å²) in [5, 5.41) is 0. The summed E-state index contributed by atoms with van der Waals surface area (Å²) < 4.78 is 0.226. The molecule has 18 heavy (non-hydrogen) atoms. The Kier molecular flexibility index (Phi) is 3.57. The third-order valence-electron chi connectivity index (χ3n) is 3.10. The number of hydrogen-bond acceptors (Lipinski definition) is 0. The maximum absolute atomic E-state index is 6.23. The molecule has 0 spiro atoms. The first-order chi connectivity index (χ1) is 8.77. The molecule has 2 aromatic rings. The molecule has 0 saturated heterocycles. The SMILES string of the molecule is [Cl][Ru-]([Cl])[CH]1C=C(c2ccccc2)c2ccccc21. The fraction of sp³-hybridized carbons (Fsp3) is 0.0667. The van der Waals surface area contributed by atoms with Crippen LogP contribution >= 0.6 is 19.4 Å². The molecule has 0 N–H and O–H groups in total. The van der Waals surface area contributed by atoms with Gasteiger partial charge < -0.3 is 0 Å². The van der Waals surface area contributed by atoms with Crippen LogP contribution in [0.5, 0.6) is 0 Å². The van der Waals surface area contributed by atoms with Gasteiger partial charge in [0, 0.05) is 0 Å². The van der Waals surface area contributed by atoms with Gasteiger partial charge >= 0.3 is 121 Å². The molecule has 0 aliphatic heterocycles. The summed E-state index contributed by atoms with van der Waals surface area (Å²) in [6.45, 7) is 0. The van der Waals surface area contributed by atoms with Crippen molar-refractivity contribution in [1.29, 1.82) is 0 Å². The van der Waals surface area contributed by atoms with E-state index in [1.165, 1.54) is 22.3 Å². The number of halogens is 2. The molecule has 0 nitrogen and oxygen atoms in total. The van der Waals surface area contributed by atoms with Crippen molar-refractivity contribution in [3.63, 3.8) is 0 Å². The standard InChI is InChI=1S/C15H11.2ClH.Ru/c1-2-6-12(7-3-1)15-11-10-13-8-4-5-9-14(13)15;;;/h1-11H;2*1H;/q;;;+1/p-2. The van der Waals surface area contributed by atoms with Crippen LogP contribution in [0.25, 0.3) is 5.57 Å². The molecule has 1 aliphatic carbocycles. The maximum atomic E-state index is 6.23. The van der Waals surface area contributed by atoms with Gasteiger partial charge in [-0.3, -0.25) is 0 Å². The molecular weight excluding hydrogens is 352 g/mol. The molecule has 0 radical (unpaired) electrons. The van der Waals surface area contributed by atoms with Gasteiger partial charge in [0.15, 0.2) is 0 Å². The van der Waals surface area contributed by atoms with Crippen LogP contribution in [0.15, 0.2) is 60.7 Å². The summed E-state index contributed by atoms with van der Waals surface area (Å²) >= 11 is -1.80. The number of rotatable bonds is 2. The Labute approximate surface area is 120 Å². The van der Waals surface area contributed by atoms with E-state index in [1.807, 2.05) is 6.07 Å². The second-order valence-corrected chi connectivity index (χ2v) is 10.4. The Morgan fingerprint density at radius 2 is 1.50 bits per heavy atom. The molecule has 0 fully saturated rings. The topological polar surface area (TPSA) is 0 Å². The van der Waals surface area contributed by atoms with Crippen LogP contribution in [0.2, 0.25) is 0 Å². The molecule has 0 bridgehead atoms. The molecule has 1 unspecified atom stereocenters. The second kappa shape index (κ2) is 5.17. The molecule has 3 heteroatoms. The van der Waals surface area contributed by atoms with E-state index in [1.54, 1.807) is 0 Å². The van der Waals surface area contributed by atoms with E-state index < -0.39 is 14.0 Å². The first-order valence-electron chi connectivity index (χ1n) is 5.62. The van der Waals surface area contributed by atoms with Gasteiger partial charge in [-0.2, -0.15) is 0 Å². The minimum atomic E-state index is -1.80. The van der Waals surface area contributed by atoms with Crippen LogP contribution in [0.3, 0.4) is 0 Å². The zero-order chi connectivity index (χ0) is 12.5. The number of fused-ring (bicyclic) bond motifs is 1. The van der Waals surface area contributed by atoms with E-state index >= 15 is 0 Å². The Morgan fingerprint density at radius 3 is 2.22 bits per heavy atom. The van der Waals surface area contributed by atoms with E-state index in [4.69, 9.17) is 19.4 Å². The van der Waals surface area contributed by atoms with E-state index in [-0.39, 0.29) is 4.51 Å². The predicted molar refractivity (Wildman–Crippen MR) is 74.4 cm³/mol. The average molecular weight is 363 g/mol. The van der Waals surface area contributed by atoms with Crippen LogP contribution in [-0.2, 0) is 14.0 Å². The van der Waals surface area contributed by atoms with E-state index in [0.717, 1.165) is 0 Å². The zero-order valence-corrected chi connectivity index (χ0v) is 12.7. The van der Waals surface area contributed by atoms with Crippen molar-refractivity contribution < 1.29 is 14.0 Å². The quantitative estimate of drug-likeness (QED) is 0.652. The molecule has 94 valence electrons. The fourth-order valence-corrected chi connectivity index (χ4v) is 5.16. The van der Waals surface area contributed by atoms with Gasteiger partial charge in [0.25, 0.3) is 0 Å². The molecule has 1 aliphatic rings. The zero-order valence-electron chi connectivity index (χ0n) is 9.46. The van der Waals surface area contributed by atoms with Crippen molar-refractivity contribution in [3.8, 4) is 0 Å². The van der Waals surface area contributed by atoms with E-state index in [9.17, 15) is 0 Å². The third kappa shape index (κ3) is 2.16. The van der Waals surface area contributed by atoms with Crippen molar-refractivity contribution in [1.82, 2.24) is 0 Å². The molecule has 0 amide bonds. The minimum absolute atomic E-state index is 0.226. The molecule has 1 atom stereocenters. The Morgan fingerprint density at radius 1 is 0.833 bits per heavy atom. The molecular formula is C15H11Cl2Ru-. The van der Waals surface area contributed by atoms with Crippen LogP contribution in [0.1, 0.15) is 21.2 Å². The van der Waals surface area contributed by atoms with Crippen LogP contribution in [0, 0.1) is 0 Å². The van der Waals surface area contributed by atoms with Crippen molar-refractivity contribution in [2.45, 2.75) is 4.51 Å². The van der Waals surface area contributed by atoms with Crippen molar-refractivity contribution in [2.24, 2.45) is 0 Å². The molecule has 2 aromatic carbocycles. The Bertz CT molecular complexity index is 590. The molecule has 0 aromatic heterocycles. The molecule has 0 heterocycles. The normalized spacial score (nSPS) is 18.2. The second-order valence-electron chi connectivity index (χ2n) is 4.13. The van der Waals surface area contributed by atoms with Gasteiger partial charge in [-0.15, -0.1) is 0 Å². The van der Waals surface area contributed by atoms with Gasteiger partial charge in [-0.25, -0.2) is 0 Å². The molecule has 0 saturated carbocycles. The van der Waals surface area contributed by atoms with Crippen molar-refractivity contribution in [2.75, 3.05) is 0 Å². The summed E-state index contributed by atoms with van der Waals surface area (Å²) in [7, 11) is 12.5. The monoisotopic (exact) mass is 363 g/mol. The van der Waals surface area contributed by atoms with E-state index in [0.29, 0.717) is 0 Å². The van der Waals surface area contributed by atoms with Gasteiger partial charge in [-0.05, 0) is 0 Å². The first kappa shape index (κ1) is 12.4. The number of allylic oxidation sites excluding steroid dienone is 1. The van der Waals surface area contributed by atoms with Crippen molar-refractivity contribution >= 4 is 25.0 Å². The summed E-state index contributed by atoms with van der Waals surface area (Å²) in [5.41, 5.74) is 5.04. The summed E-state index contributed by atoms with van der Waals surface area (Å²) in [5.74, 6) is 0. The van der Waals surface area contributed by atoms with E-state index in [2.05, 4.69) is 54.6 Å².